The summed E-state index contributed by atoms with van der Waals surface area (Å²) in [6, 6.07) is 6.80. The molecule has 114 valence electrons. The fraction of sp³-hybridized carbons (Fsp3) is 0.375. The third kappa shape index (κ3) is 3.77. The van der Waals surface area contributed by atoms with Gasteiger partial charge in [-0.25, -0.2) is 10.3 Å². The quantitative estimate of drug-likeness (QED) is 0.365. The van der Waals surface area contributed by atoms with Crippen LogP contribution < -0.4 is 5.48 Å². The van der Waals surface area contributed by atoms with Crippen LogP contribution in [-0.4, -0.2) is 41.1 Å². The van der Waals surface area contributed by atoms with E-state index in [2.05, 4.69) is 0 Å². The number of hydroxylamine groups is 1. The molecule has 0 spiro atoms. The van der Waals surface area contributed by atoms with E-state index in [0.717, 1.165) is 19.6 Å². The summed E-state index contributed by atoms with van der Waals surface area (Å²) in [5, 5.41) is 8.74. The highest BCUT2D eigenvalue weighted by Crippen LogP contribution is 2.13. The highest BCUT2D eigenvalue weighted by atomic mass is 16.5. The first-order valence-corrected chi connectivity index (χ1v) is 7.16. The minimum Gasteiger partial charge on any atom is -0.288 e. The molecule has 0 aliphatic heterocycles. The smallest absolute Gasteiger partial charge is 0.288 e. The number of rotatable bonds is 6. The number of hydrogen-bond acceptors (Lipinski definition) is 3. The van der Waals surface area contributed by atoms with E-state index < -0.39 is 5.91 Å². The third-order valence-electron chi connectivity index (χ3n) is 4.00. The molecule has 0 saturated carbocycles. The van der Waals surface area contributed by atoms with Crippen LogP contribution in [-0.2, 0) is 4.79 Å². The van der Waals surface area contributed by atoms with Crippen molar-refractivity contribution >= 4 is 17.9 Å². The second-order valence-electron chi connectivity index (χ2n) is 4.79. The number of nitrogens with zero attached hydrogens (tertiary/aromatic N) is 1. The number of hydrogen-bond donors (Lipinski definition) is 2. The van der Waals surface area contributed by atoms with Crippen molar-refractivity contribution in [2.45, 2.75) is 20.8 Å². The van der Waals surface area contributed by atoms with E-state index in [0.29, 0.717) is 15.6 Å². The molecule has 0 aromatic heterocycles. The van der Waals surface area contributed by atoms with Crippen molar-refractivity contribution in [2.75, 3.05) is 19.6 Å². The van der Waals surface area contributed by atoms with Gasteiger partial charge in [-0.05, 0) is 38.5 Å². The standard InChI is InChI=1S/C16H22N2O3/c1-4-18(5-2,6-3)15(19)12-11-13-9-7-8-10-14(13)16(20)17-21/h7-12H,4-6H2,1-3H3,(H-,17,19,20,21)/p+1. The average Bonchev–Trinajstić information content (AvgIpc) is 2.54. The van der Waals surface area contributed by atoms with Crippen LogP contribution in [0.15, 0.2) is 30.3 Å². The minimum atomic E-state index is -0.593. The number of carbonyl (C=O) groups excluding carboxylic acids is 2. The lowest BCUT2D eigenvalue weighted by Crippen LogP contribution is -2.51. The molecule has 2 N–H and O–H groups in total. The molecule has 0 bridgehead atoms. The maximum absolute atomic E-state index is 12.4. The molecule has 0 unspecified atom stereocenters. The Morgan fingerprint density at radius 2 is 1.71 bits per heavy atom. The monoisotopic (exact) mass is 291 g/mol. The van der Waals surface area contributed by atoms with E-state index >= 15 is 0 Å². The Balaban J connectivity index is 3.06. The van der Waals surface area contributed by atoms with Crippen LogP contribution in [0.25, 0.3) is 6.08 Å². The lowest BCUT2D eigenvalue weighted by Gasteiger charge is -2.31. The minimum absolute atomic E-state index is 0.0155. The predicted molar refractivity (Wildman–Crippen MR) is 81.6 cm³/mol. The lowest BCUT2D eigenvalue weighted by atomic mass is 10.1. The summed E-state index contributed by atoms with van der Waals surface area (Å²) < 4.78 is 0.380. The number of quaternary nitrogens is 1. The molecule has 0 heterocycles. The van der Waals surface area contributed by atoms with E-state index in [1.54, 1.807) is 35.8 Å². The summed E-state index contributed by atoms with van der Waals surface area (Å²) in [6.07, 6.45) is 3.14. The van der Waals surface area contributed by atoms with Crippen LogP contribution in [0.3, 0.4) is 0 Å². The van der Waals surface area contributed by atoms with Gasteiger partial charge in [0, 0.05) is 11.6 Å². The van der Waals surface area contributed by atoms with Gasteiger partial charge in [0.15, 0.2) is 0 Å². The van der Waals surface area contributed by atoms with Crippen molar-refractivity contribution in [3.05, 3.63) is 41.5 Å². The Kier molecular flexibility index (Phi) is 6.27. The largest absolute Gasteiger partial charge is 0.338 e. The molecule has 0 aliphatic carbocycles. The van der Waals surface area contributed by atoms with Gasteiger partial charge in [-0.3, -0.25) is 14.5 Å². The zero-order valence-corrected chi connectivity index (χ0v) is 12.8. The molecule has 21 heavy (non-hydrogen) atoms. The average molecular weight is 291 g/mol. The first-order valence-electron chi connectivity index (χ1n) is 7.16. The number of amides is 2. The van der Waals surface area contributed by atoms with Crippen molar-refractivity contribution in [2.24, 2.45) is 0 Å². The van der Waals surface area contributed by atoms with Gasteiger partial charge in [0.2, 0.25) is 0 Å². The topological polar surface area (TPSA) is 66.4 Å². The Labute approximate surface area is 125 Å². The van der Waals surface area contributed by atoms with Crippen molar-refractivity contribution in [3.8, 4) is 0 Å². The summed E-state index contributed by atoms with van der Waals surface area (Å²) >= 11 is 0. The van der Waals surface area contributed by atoms with E-state index in [-0.39, 0.29) is 5.91 Å². The highest BCUT2D eigenvalue weighted by Gasteiger charge is 2.28. The van der Waals surface area contributed by atoms with E-state index in [9.17, 15) is 9.59 Å². The summed E-state index contributed by atoms with van der Waals surface area (Å²) in [5.41, 5.74) is 2.53. The van der Waals surface area contributed by atoms with Gasteiger partial charge in [-0.1, -0.05) is 18.2 Å². The van der Waals surface area contributed by atoms with Crippen LogP contribution in [0, 0.1) is 0 Å². The normalized spacial score (nSPS) is 11.6. The van der Waals surface area contributed by atoms with E-state index in [1.807, 2.05) is 20.8 Å². The summed E-state index contributed by atoms with van der Waals surface area (Å²) in [6.45, 7) is 8.17. The molecule has 0 atom stereocenters. The molecular formula is C16H23N2O3+. The Bertz CT molecular complexity index is 526. The molecule has 1 rings (SSSR count). The third-order valence-corrected chi connectivity index (χ3v) is 4.00. The summed E-state index contributed by atoms with van der Waals surface area (Å²) in [5.74, 6) is -0.577. The fourth-order valence-electron chi connectivity index (χ4n) is 2.37. The Hall–Kier alpha value is -1.98. The van der Waals surface area contributed by atoms with Crippen LogP contribution in [0.1, 0.15) is 36.7 Å². The molecule has 0 saturated heterocycles. The van der Waals surface area contributed by atoms with Gasteiger partial charge in [-0.15, -0.1) is 0 Å². The molecule has 2 amide bonds. The molecular weight excluding hydrogens is 268 g/mol. The number of carbonyl (C=O) groups is 2. The number of likely N-dealkylation sites (N-methyl/N-ethyl adjacent to an activating group) is 1. The van der Waals surface area contributed by atoms with Gasteiger partial charge in [-0.2, -0.15) is 0 Å². The molecule has 1 aromatic carbocycles. The SMILES string of the molecule is CC[N+](CC)(CC)C(=O)C=Cc1ccccc1C(=O)NO. The van der Waals surface area contributed by atoms with Crippen molar-refractivity contribution in [1.82, 2.24) is 5.48 Å². The zero-order valence-electron chi connectivity index (χ0n) is 12.8. The van der Waals surface area contributed by atoms with Gasteiger partial charge in [0.05, 0.1) is 19.6 Å². The number of benzene rings is 1. The van der Waals surface area contributed by atoms with E-state index in [1.165, 1.54) is 6.08 Å². The molecule has 0 radical (unpaired) electrons. The summed E-state index contributed by atoms with van der Waals surface area (Å²) in [7, 11) is 0. The van der Waals surface area contributed by atoms with Crippen molar-refractivity contribution in [3.63, 3.8) is 0 Å². The van der Waals surface area contributed by atoms with Crippen molar-refractivity contribution in [1.29, 1.82) is 0 Å². The number of nitrogens with one attached hydrogen (secondary N) is 1. The molecule has 0 fully saturated rings. The van der Waals surface area contributed by atoms with Crippen LogP contribution in [0.5, 0.6) is 0 Å². The van der Waals surface area contributed by atoms with Crippen LogP contribution in [0.4, 0.5) is 0 Å². The second kappa shape index (κ2) is 7.71. The highest BCUT2D eigenvalue weighted by molar-refractivity contribution is 5.98. The molecule has 5 heteroatoms. The second-order valence-corrected chi connectivity index (χ2v) is 4.79. The Morgan fingerprint density at radius 3 is 2.24 bits per heavy atom. The first kappa shape index (κ1) is 17.1. The van der Waals surface area contributed by atoms with Crippen molar-refractivity contribution < 1.29 is 19.3 Å². The first-order chi connectivity index (χ1) is 10.0. The fourth-order valence-corrected chi connectivity index (χ4v) is 2.37. The molecule has 1 aromatic rings. The van der Waals surface area contributed by atoms with Crippen LogP contribution >= 0.6 is 0 Å². The summed E-state index contributed by atoms with van der Waals surface area (Å²) in [4.78, 5) is 24.0. The van der Waals surface area contributed by atoms with E-state index in [4.69, 9.17) is 5.21 Å². The van der Waals surface area contributed by atoms with Gasteiger partial charge < -0.3 is 0 Å². The maximum Gasteiger partial charge on any atom is 0.338 e. The molecule has 0 aliphatic rings. The van der Waals surface area contributed by atoms with Gasteiger partial charge in [0.25, 0.3) is 5.91 Å². The zero-order chi connectivity index (χ0) is 15.9. The lowest BCUT2D eigenvalue weighted by molar-refractivity contribution is -0.846. The Morgan fingerprint density at radius 1 is 1.14 bits per heavy atom. The maximum atomic E-state index is 12.4. The molecule has 5 nitrogen and oxygen atoms in total. The van der Waals surface area contributed by atoms with Crippen LogP contribution in [0.2, 0.25) is 0 Å². The predicted octanol–water partition coefficient (Wildman–Crippen LogP) is 2.22. The van der Waals surface area contributed by atoms with Gasteiger partial charge >= 0.3 is 5.91 Å². The van der Waals surface area contributed by atoms with Gasteiger partial charge in [0.1, 0.15) is 0 Å².